The zero-order valence-corrected chi connectivity index (χ0v) is 11.6. The minimum atomic E-state index is -0.927. The van der Waals surface area contributed by atoms with Gasteiger partial charge in [0.15, 0.2) is 0 Å². The third-order valence-electron chi connectivity index (χ3n) is 3.59. The number of hydrogen-bond acceptors (Lipinski definition) is 3. The maximum Gasteiger partial charge on any atom is 0.326 e. The number of aryl methyl sites for hydroxylation is 1. The Morgan fingerprint density at radius 2 is 2.30 bits per heavy atom. The predicted molar refractivity (Wildman–Crippen MR) is 72.3 cm³/mol. The number of nitrogens with one attached hydrogen (secondary N) is 1. The van der Waals surface area contributed by atoms with E-state index in [1.165, 1.54) is 4.90 Å². The van der Waals surface area contributed by atoms with Crippen molar-refractivity contribution in [3.8, 4) is 0 Å². The standard InChI is InChI=1S/C13H20N4O3/c1-16-9-7-14-11(16)5-6-15-13(20)17-8-3-2-4-10(17)12(18)19/h7,9-10H,2-6,8H2,1H3,(H,15,20)(H,18,19). The van der Waals surface area contributed by atoms with Gasteiger partial charge in [0.25, 0.3) is 0 Å². The van der Waals surface area contributed by atoms with Crippen LogP contribution in [0.2, 0.25) is 0 Å². The number of urea groups is 1. The predicted octanol–water partition coefficient (Wildman–Crippen LogP) is 0.611. The van der Waals surface area contributed by atoms with Gasteiger partial charge in [-0.2, -0.15) is 0 Å². The molecule has 20 heavy (non-hydrogen) atoms. The van der Waals surface area contributed by atoms with E-state index in [1.54, 1.807) is 6.20 Å². The highest BCUT2D eigenvalue weighted by molar-refractivity contribution is 5.82. The highest BCUT2D eigenvalue weighted by atomic mass is 16.4. The first-order valence-electron chi connectivity index (χ1n) is 6.83. The van der Waals surface area contributed by atoms with Crippen LogP contribution >= 0.6 is 0 Å². The van der Waals surface area contributed by atoms with Crippen molar-refractivity contribution in [1.82, 2.24) is 19.8 Å². The van der Waals surface area contributed by atoms with Crippen molar-refractivity contribution in [3.63, 3.8) is 0 Å². The van der Waals surface area contributed by atoms with E-state index in [0.717, 1.165) is 18.7 Å². The molecule has 1 aliphatic rings. The van der Waals surface area contributed by atoms with Gasteiger partial charge in [0, 0.05) is 39.0 Å². The van der Waals surface area contributed by atoms with E-state index in [4.69, 9.17) is 5.11 Å². The van der Waals surface area contributed by atoms with Gasteiger partial charge in [-0.15, -0.1) is 0 Å². The van der Waals surface area contributed by atoms with Gasteiger partial charge in [-0.3, -0.25) is 0 Å². The number of carboxylic acids is 1. The molecule has 1 aromatic rings. The molecule has 0 spiro atoms. The largest absolute Gasteiger partial charge is 0.480 e. The summed E-state index contributed by atoms with van der Waals surface area (Å²) in [5, 5.41) is 11.9. The Hall–Kier alpha value is -2.05. The molecule has 1 aromatic heterocycles. The number of aromatic nitrogens is 2. The third-order valence-corrected chi connectivity index (χ3v) is 3.59. The second-order valence-electron chi connectivity index (χ2n) is 4.98. The Kier molecular flexibility index (Phi) is 4.60. The molecule has 1 aliphatic heterocycles. The number of hydrogen-bond donors (Lipinski definition) is 2. The molecule has 0 radical (unpaired) electrons. The van der Waals surface area contributed by atoms with Crippen molar-refractivity contribution in [3.05, 3.63) is 18.2 Å². The zero-order chi connectivity index (χ0) is 14.5. The van der Waals surface area contributed by atoms with Gasteiger partial charge >= 0.3 is 12.0 Å². The number of nitrogens with zero attached hydrogens (tertiary/aromatic N) is 3. The van der Waals surface area contributed by atoms with E-state index in [9.17, 15) is 9.59 Å². The van der Waals surface area contributed by atoms with Crippen LogP contribution in [0, 0.1) is 0 Å². The molecule has 110 valence electrons. The number of rotatable bonds is 4. The van der Waals surface area contributed by atoms with Gasteiger partial charge in [0.1, 0.15) is 11.9 Å². The Bertz CT molecular complexity index is 486. The smallest absolute Gasteiger partial charge is 0.326 e. The lowest BCUT2D eigenvalue weighted by atomic mass is 10.0. The summed E-state index contributed by atoms with van der Waals surface area (Å²) in [6.45, 7) is 0.956. The molecule has 2 N–H and O–H groups in total. The lowest BCUT2D eigenvalue weighted by molar-refractivity contribution is -0.143. The van der Waals surface area contributed by atoms with E-state index in [0.29, 0.717) is 25.9 Å². The van der Waals surface area contributed by atoms with Crippen LogP contribution in [0.25, 0.3) is 0 Å². The summed E-state index contributed by atoms with van der Waals surface area (Å²) < 4.78 is 1.90. The second kappa shape index (κ2) is 6.40. The molecule has 1 fully saturated rings. The molecule has 7 nitrogen and oxygen atoms in total. The van der Waals surface area contributed by atoms with Gasteiger partial charge in [0.2, 0.25) is 0 Å². The van der Waals surface area contributed by atoms with Gasteiger partial charge in [-0.05, 0) is 19.3 Å². The zero-order valence-electron chi connectivity index (χ0n) is 11.6. The van der Waals surface area contributed by atoms with E-state index in [-0.39, 0.29) is 6.03 Å². The van der Waals surface area contributed by atoms with E-state index in [1.807, 2.05) is 17.8 Å². The van der Waals surface area contributed by atoms with Gasteiger partial charge in [-0.25, -0.2) is 14.6 Å². The number of carbonyl (C=O) groups excluding carboxylic acids is 1. The van der Waals surface area contributed by atoms with Crippen LogP contribution < -0.4 is 5.32 Å². The van der Waals surface area contributed by atoms with Crippen LogP contribution in [0.3, 0.4) is 0 Å². The third kappa shape index (κ3) is 3.28. The van der Waals surface area contributed by atoms with E-state index >= 15 is 0 Å². The minimum Gasteiger partial charge on any atom is -0.480 e. The normalized spacial score (nSPS) is 18.9. The van der Waals surface area contributed by atoms with E-state index < -0.39 is 12.0 Å². The minimum absolute atomic E-state index is 0.300. The van der Waals surface area contributed by atoms with Crippen LogP contribution in [0.5, 0.6) is 0 Å². The summed E-state index contributed by atoms with van der Waals surface area (Å²) in [4.78, 5) is 28.8. The van der Waals surface area contributed by atoms with Gasteiger partial charge < -0.3 is 19.9 Å². The SMILES string of the molecule is Cn1ccnc1CCNC(=O)N1CCCCC1C(=O)O. The first kappa shape index (κ1) is 14.4. The average Bonchev–Trinajstić information content (AvgIpc) is 2.84. The summed E-state index contributed by atoms with van der Waals surface area (Å²) in [5.41, 5.74) is 0. The highest BCUT2D eigenvalue weighted by Gasteiger charge is 2.31. The van der Waals surface area contributed by atoms with Crippen LogP contribution in [0.1, 0.15) is 25.1 Å². The number of imidazole rings is 1. The van der Waals surface area contributed by atoms with Crippen molar-refractivity contribution in [2.45, 2.75) is 31.7 Å². The van der Waals surface area contributed by atoms with Crippen LogP contribution in [-0.2, 0) is 18.3 Å². The summed E-state index contributed by atoms with van der Waals surface area (Å²) in [6.07, 6.45) is 6.43. The molecular weight excluding hydrogens is 260 g/mol. The molecule has 0 aromatic carbocycles. The van der Waals surface area contributed by atoms with Crippen molar-refractivity contribution >= 4 is 12.0 Å². The first-order valence-corrected chi connectivity index (χ1v) is 6.83. The second-order valence-corrected chi connectivity index (χ2v) is 4.98. The molecule has 0 saturated carbocycles. The summed E-state index contributed by atoms with van der Waals surface area (Å²) in [5.74, 6) is -0.0392. The van der Waals surface area contributed by atoms with Crippen molar-refractivity contribution < 1.29 is 14.7 Å². The highest BCUT2D eigenvalue weighted by Crippen LogP contribution is 2.17. The number of likely N-dealkylation sites (tertiary alicyclic amines) is 1. The molecule has 0 bridgehead atoms. The molecule has 2 rings (SSSR count). The number of carbonyl (C=O) groups is 2. The fraction of sp³-hybridized carbons (Fsp3) is 0.615. The van der Waals surface area contributed by atoms with Crippen molar-refractivity contribution in [1.29, 1.82) is 0 Å². The maximum absolute atomic E-state index is 12.1. The van der Waals surface area contributed by atoms with Crippen LogP contribution in [0.4, 0.5) is 4.79 Å². The number of piperidine rings is 1. The Morgan fingerprint density at radius 3 is 2.95 bits per heavy atom. The monoisotopic (exact) mass is 280 g/mol. The molecule has 1 unspecified atom stereocenters. The summed E-state index contributed by atoms with van der Waals surface area (Å²) in [6, 6.07) is -0.997. The Morgan fingerprint density at radius 1 is 1.50 bits per heavy atom. The first-order chi connectivity index (χ1) is 9.59. The number of carboxylic acid groups (broad SMARTS) is 1. The summed E-state index contributed by atoms with van der Waals surface area (Å²) >= 11 is 0. The topological polar surface area (TPSA) is 87.5 Å². The quantitative estimate of drug-likeness (QED) is 0.846. The van der Waals surface area contributed by atoms with E-state index in [2.05, 4.69) is 10.3 Å². The van der Waals surface area contributed by atoms with Gasteiger partial charge in [0.05, 0.1) is 0 Å². The molecule has 7 heteroatoms. The summed E-state index contributed by atoms with van der Waals surface area (Å²) in [7, 11) is 1.90. The number of aliphatic carboxylic acids is 1. The molecular formula is C13H20N4O3. The van der Waals surface area contributed by atoms with Gasteiger partial charge in [-0.1, -0.05) is 0 Å². The molecule has 0 aliphatic carbocycles. The molecule has 2 amide bonds. The lowest BCUT2D eigenvalue weighted by Gasteiger charge is -2.32. The Balaban J connectivity index is 1.84. The molecule has 1 saturated heterocycles. The fourth-order valence-electron chi connectivity index (χ4n) is 2.45. The lowest BCUT2D eigenvalue weighted by Crippen LogP contribution is -2.52. The van der Waals surface area contributed by atoms with Crippen LogP contribution in [-0.4, -0.2) is 50.7 Å². The number of amides is 2. The fourth-order valence-corrected chi connectivity index (χ4v) is 2.45. The Labute approximate surface area is 117 Å². The van der Waals surface area contributed by atoms with Crippen molar-refractivity contribution in [2.75, 3.05) is 13.1 Å². The molecule has 2 heterocycles. The van der Waals surface area contributed by atoms with Crippen LogP contribution in [0.15, 0.2) is 12.4 Å². The molecule has 1 atom stereocenters. The average molecular weight is 280 g/mol. The maximum atomic E-state index is 12.1. The van der Waals surface area contributed by atoms with Crippen molar-refractivity contribution in [2.24, 2.45) is 7.05 Å².